The number of benzene rings is 2. The predicted octanol–water partition coefficient (Wildman–Crippen LogP) is 3.96. The second-order valence-electron chi connectivity index (χ2n) is 5.25. The second-order valence-corrected chi connectivity index (χ2v) is 6.10. The van der Waals surface area contributed by atoms with Crippen LogP contribution in [-0.2, 0) is 14.3 Å². The molecule has 0 aliphatic carbocycles. The quantitative estimate of drug-likeness (QED) is 0.585. The minimum Gasteiger partial charge on any atom is -0.497 e. The first kappa shape index (κ1) is 18.7. The van der Waals surface area contributed by atoms with Crippen LogP contribution in [0.25, 0.3) is 6.08 Å². The van der Waals surface area contributed by atoms with Crippen LogP contribution in [0.15, 0.2) is 53.0 Å². The van der Waals surface area contributed by atoms with Crippen molar-refractivity contribution in [2.24, 2.45) is 0 Å². The summed E-state index contributed by atoms with van der Waals surface area (Å²) < 4.78 is 10.9. The lowest BCUT2D eigenvalue weighted by Gasteiger charge is -2.07. The van der Waals surface area contributed by atoms with Crippen molar-refractivity contribution in [2.75, 3.05) is 19.0 Å². The Hall–Kier alpha value is -2.60. The van der Waals surface area contributed by atoms with E-state index in [-0.39, 0.29) is 6.61 Å². The van der Waals surface area contributed by atoms with E-state index in [2.05, 4.69) is 21.2 Å². The van der Waals surface area contributed by atoms with Gasteiger partial charge in [0.15, 0.2) is 6.61 Å². The molecule has 0 bridgehead atoms. The first-order chi connectivity index (χ1) is 12.0. The molecule has 0 heterocycles. The lowest BCUT2D eigenvalue weighted by molar-refractivity contribution is -0.142. The monoisotopic (exact) mass is 403 g/mol. The number of methoxy groups -OCH3 is 1. The summed E-state index contributed by atoms with van der Waals surface area (Å²) in [7, 11) is 1.54. The molecule has 0 fully saturated rings. The molecule has 2 rings (SSSR count). The maximum absolute atomic E-state index is 11.8. The van der Waals surface area contributed by atoms with Crippen LogP contribution in [0.1, 0.15) is 11.1 Å². The number of halogens is 1. The molecule has 0 unspecified atom stereocenters. The first-order valence-corrected chi connectivity index (χ1v) is 8.32. The molecule has 2 aromatic rings. The van der Waals surface area contributed by atoms with Gasteiger partial charge < -0.3 is 14.8 Å². The lowest BCUT2D eigenvalue weighted by atomic mass is 10.1. The van der Waals surface area contributed by atoms with Crippen LogP contribution in [0.4, 0.5) is 5.69 Å². The van der Waals surface area contributed by atoms with Gasteiger partial charge in [-0.05, 0) is 42.3 Å². The van der Waals surface area contributed by atoms with Gasteiger partial charge in [0.05, 0.1) is 7.11 Å². The molecule has 0 radical (unpaired) electrons. The number of rotatable bonds is 6. The fraction of sp³-hybridized carbons (Fsp3) is 0.158. The van der Waals surface area contributed by atoms with Crippen LogP contribution in [0.5, 0.6) is 5.75 Å². The third kappa shape index (κ3) is 6.08. The van der Waals surface area contributed by atoms with E-state index in [1.54, 1.807) is 37.5 Å². The lowest BCUT2D eigenvalue weighted by Crippen LogP contribution is -2.20. The predicted molar refractivity (Wildman–Crippen MR) is 100 cm³/mol. The average molecular weight is 404 g/mol. The van der Waals surface area contributed by atoms with E-state index in [1.807, 2.05) is 25.1 Å². The zero-order valence-electron chi connectivity index (χ0n) is 13.9. The number of anilines is 1. The molecule has 2 aromatic carbocycles. The van der Waals surface area contributed by atoms with E-state index in [4.69, 9.17) is 9.47 Å². The Kier molecular flexibility index (Phi) is 6.77. The number of hydrogen-bond acceptors (Lipinski definition) is 4. The Morgan fingerprint density at radius 2 is 2.00 bits per heavy atom. The maximum Gasteiger partial charge on any atom is 0.331 e. The highest BCUT2D eigenvalue weighted by molar-refractivity contribution is 9.10. The smallest absolute Gasteiger partial charge is 0.331 e. The van der Waals surface area contributed by atoms with Crippen molar-refractivity contribution in [2.45, 2.75) is 6.92 Å². The number of aryl methyl sites for hydroxylation is 1. The van der Waals surface area contributed by atoms with Gasteiger partial charge in [0.25, 0.3) is 5.91 Å². The molecule has 0 atom stereocenters. The van der Waals surface area contributed by atoms with Gasteiger partial charge in [0.2, 0.25) is 0 Å². The zero-order valence-corrected chi connectivity index (χ0v) is 15.5. The van der Waals surface area contributed by atoms with Crippen LogP contribution in [0.2, 0.25) is 0 Å². The van der Waals surface area contributed by atoms with Crippen LogP contribution < -0.4 is 10.1 Å². The van der Waals surface area contributed by atoms with Gasteiger partial charge in [0, 0.05) is 22.3 Å². The summed E-state index contributed by atoms with van der Waals surface area (Å²) in [5.41, 5.74) is 2.53. The number of carbonyl (C=O) groups is 2. The van der Waals surface area contributed by atoms with Gasteiger partial charge >= 0.3 is 5.97 Å². The standard InChI is InChI=1S/C19H18BrNO4/c1-13-6-7-14(17(20)10-13)8-9-19(23)25-12-18(22)21-15-4-3-5-16(11-15)24-2/h3-11H,12H2,1-2H3,(H,21,22)/b9-8+. The Morgan fingerprint density at radius 1 is 1.20 bits per heavy atom. The van der Waals surface area contributed by atoms with Gasteiger partial charge in [-0.3, -0.25) is 4.79 Å². The van der Waals surface area contributed by atoms with Gasteiger partial charge in [0.1, 0.15) is 5.75 Å². The second kappa shape index (κ2) is 9.03. The van der Waals surface area contributed by atoms with Gasteiger partial charge in [-0.2, -0.15) is 0 Å². The summed E-state index contributed by atoms with van der Waals surface area (Å²) in [6.45, 7) is 1.61. The summed E-state index contributed by atoms with van der Waals surface area (Å²) in [6, 6.07) is 12.7. The van der Waals surface area contributed by atoms with Crippen molar-refractivity contribution in [3.05, 3.63) is 64.1 Å². The number of ether oxygens (including phenoxy) is 2. The molecule has 1 amide bonds. The summed E-state index contributed by atoms with van der Waals surface area (Å²) in [5.74, 6) is -0.388. The van der Waals surface area contributed by atoms with Gasteiger partial charge in [-0.15, -0.1) is 0 Å². The zero-order chi connectivity index (χ0) is 18.2. The fourth-order valence-corrected chi connectivity index (χ4v) is 2.63. The van der Waals surface area contributed by atoms with E-state index in [0.717, 1.165) is 15.6 Å². The van der Waals surface area contributed by atoms with Crippen molar-refractivity contribution in [1.82, 2.24) is 0 Å². The molecular formula is C19H18BrNO4. The molecule has 6 heteroatoms. The van der Waals surface area contributed by atoms with Crippen molar-refractivity contribution in [3.63, 3.8) is 0 Å². The molecule has 0 spiro atoms. The minimum absolute atomic E-state index is 0.366. The molecule has 0 saturated heterocycles. The molecular weight excluding hydrogens is 386 g/mol. The maximum atomic E-state index is 11.8. The average Bonchev–Trinajstić information content (AvgIpc) is 2.59. The highest BCUT2D eigenvalue weighted by Gasteiger charge is 2.06. The largest absolute Gasteiger partial charge is 0.497 e. The Labute approximate surface area is 154 Å². The summed E-state index contributed by atoms with van der Waals surface area (Å²) in [6.07, 6.45) is 2.92. The third-order valence-corrected chi connectivity index (χ3v) is 3.94. The van der Waals surface area contributed by atoms with Crippen LogP contribution in [0.3, 0.4) is 0 Å². The number of hydrogen-bond donors (Lipinski definition) is 1. The molecule has 25 heavy (non-hydrogen) atoms. The Bertz CT molecular complexity index is 802. The minimum atomic E-state index is -0.590. The number of carbonyl (C=O) groups excluding carboxylic acids is 2. The van der Waals surface area contributed by atoms with E-state index in [9.17, 15) is 9.59 Å². The van der Waals surface area contributed by atoms with Crippen LogP contribution in [0, 0.1) is 6.92 Å². The fourth-order valence-electron chi connectivity index (χ4n) is 2.01. The third-order valence-electron chi connectivity index (χ3n) is 3.25. The molecule has 0 aliphatic heterocycles. The normalized spacial score (nSPS) is 10.5. The van der Waals surface area contributed by atoms with E-state index in [1.165, 1.54) is 6.08 Å². The molecule has 5 nitrogen and oxygen atoms in total. The van der Waals surface area contributed by atoms with E-state index in [0.29, 0.717) is 11.4 Å². The van der Waals surface area contributed by atoms with E-state index < -0.39 is 11.9 Å². The topological polar surface area (TPSA) is 64.6 Å². The van der Waals surface area contributed by atoms with Crippen molar-refractivity contribution < 1.29 is 19.1 Å². The SMILES string of the molecule is COc1cccc(NC(=O)COC(=O)/C=C/c2ccc(C)cc2Br)c1. The summed E-state index contributed by atoms with van der Waals surface area (Å²) in [5, 5.41) is 2.63. The van der Waals surface area contributed by atoms with Crippen molar-refractivity contribution >= 4 is 39.6 Å². The van der Waals surface area contributed by atoms with E-state index >= 15 is 0 Å². The highest BCUT2D eigenvalue weighted by Crippen LogP contribution is 2.19. The Balaban J connectivity index is 1.84. The van der Waals surface area contributed by atoms with Crippen LogP contribution in [-0.4, -0.2) is 25.6 Å². The number of esters is 1. The molecule has 0 aromatic heterocycles. The highest BCUT2D eigenvalue weighted by atomic mass is 79.9. The molecule has 0 saturated carbocycles. The summed E-state index contributed by atoms with van der Waals surface area (Å²) >= 11 is 3.43. The number of amides is 1. The Morgan fingerprint density at radius 3 is 2.72 bits per heavy atom. The molecule has 1 N–H and O–H groups in total. The van der Waals surface area contributed by atoms with Gasteiger partial charge in [-0.25, -0.2) is 4.79 Å². The molecule has 130 valence electrons. The number of nitrogens with one attached hydrogen (secondary N) is 1. The van der Waals surface area contributed by atoms with Crippen molar-refractivity contribution in [1.29, 1.82) is 0 Å². The van der Waals surface area contributed by atoms with Gasteiger partial charge in [-0.1, -0.05) is 34.1 Å². The summed E-state index contributed by atoms with van der Waals surface area (Å²) in [4.78, 5) is 23.5. The van der Waals surface area contributed by atoms with Crippen molar-refractivity contribution in [3.8, 4) is 5.75 Å². The molecule has 0 aliphatic rings. The first-order valence-electron chi connectivity index (χ1n) is 7.53. The van der Waals surface area contributed by atoms with Crippen LogP contribution >= 0.6 is 15.9 Å².